The minimum absolute atomic E-state index is 0.103. The van der Waals surface area contributed by atoms with Crippen LogP contribution in [-0.4, -0.2) is 33.3 Å². The van der Waals surface area contributed by atoms with Gasteiger partial charge < -0.3 is 14.5 Å². The van der Waals surface area contributed by atoms with Gasteiger partial charge in [-0.1, -0.05) is 12.1 Å². The van der Waals surface area contributed by atoms with Crippen molar-refractivity contribution in [1.82, 2.24) is 0 Å². The Morgan fingerprint density at radius 3 is 2.53 bits per heavy atom. The number of aryl methyl sites for hydroxylation is 2. The lowest BCUT2D eigenvalue weighted by Crippen LogP contribution is -2.36. The van der Waals surface area contributed by atoms with Crippen LogP contribution < -0.4 is 14.5 Å². The first kappa shape index (κ1) is 19.7. The summed E-state index contributed by atoms with van der Waals surface area (Å²) in [5, 5.41) is 0. The maximum absolute atomic E-state index is 15.4. The SMILES string of the molecule is COc1cc(N2CCC(Cc3cc4c5c(c3F)CCCN5CCC4)CC2)ccc1C. The monoisotopic (exact) mass is 408 g/mol. The van der Waals surface area contributed by atoms with Crippen LogP contribution in [0.5, 0.6) is 5.75 Å². The smallest absolute Gasteiger partial charge is 0.131 e. The van der Waals surface area contributed by atoms with E-state index < -0.39 is 0 Å². The van der Waals surface area contributed by atoms with Crippen LogP contribution in [0.15, 0.2) is 24.3 Å². The minimum Gasteiger partial charge on any atom is -0.496 e. The van der Waals surface area contributed by atoms with Gasteiger partial charge >= 0.3 is 0 Å². The fourth-order valence-corrected chi connectivity index (χ4v) is 5.75. The first-order chi connectivity index (χ1) is 14.6. The lowest BCUT2D eigenvalue weighted by molar-refractivity contribution is 0.395. The fraction of sp³-hybridized carbons (Fsp3) is 0.538. The highest BCUT2D eigenvalue weighted by Gasteiger charge is 2.29. The average Bonchev–Trinajstić information content (AvgIpc) is 2.78. The third kappa shape index (κ3) is 3.55. The number of benzene rings is 2. The zero-order valence-electron chi connectivity index (χ0n) is 18.3. The van der Waals surface area contributed by atoms with E-state index in [4.69, 9.17) is 4.74 Å². The summed E-state index contributed by atoms with van der Waals surface area (Å²) < 4.78 is 20.9. The maximum atomic E-state index is 15.4. The molecule has 2 aromatic carbocycles. The zero-order chi connectivity index (χ0) is 20.7. The van der Waals surface area contributed by atoms with Gasteiger partial charge in [0.05, 0.1) is 7.11 Å². The second kappa shape index (κ2) is 8.13. The molecule has 4 heteroatoms. The number of ether oxygens (including phenoxy) is 1. The predicted octanol–water partition coefficient (Wildman–Crippen LogP) is 5.30. The molecule has 0 aliphatic carbocycles. The van der Waals surface area contributed by atoms with Crippen LogP contribution in [0.4, 0.5) is 15.8 Å². The van der Waals surface area contributed by atoms with Gasteiger partial charge in [-0.25, -0.2) is 4.39 Å². The lowest BCUT2D eigenvalue weighted by Gasteiger charge is -2.38. The highest BCUT2D eigenvalue weighted by atomic mass is 19.1. The van der Waals surface area contributed by atoms with Crippen LogP contribution in [0.3, 0.4) is 0 Å². The molecule has 3 heterocycles. The van der Waals surface area contributed by atoms with Gasteiger partial charge in [0, 0.05) is 49.2 Å². The van der Waals surface area contributed by atoms with E-state index in [2.05, 4.69) is 41.0 Å². The summed E-state index contributed by atoms with van der Waals surface area (Å²) in [5.41, 5.74) is 7.04. The molecule has 0 unspecified atom stereocenters. The molecule has 2 aromatic rings. The second-order valence-corrected chi connectivity index (χ2v) is 9.32. The third-order valence-electron chi connectivity index (χ3n) is 7.41. The Bertz CT molecular complexity index is 931. The maximum Gasteiger partial charge on any atom is 0.131 e. The van der Waals surface area contributed by atoms with Crippen LogP contribution in [0.1, 0.15) is 47.9 Å². The average molecular weight is 409 g/mol. The number of halogens is 1. The van der Waals surface area contributed by atoms with Gasteiger partial charge in [0.15, 0.2) is 0 Å². The molecule has 160 valence electrons. The Morgan fingerprint density at radius 2 is 1.77 bits per heavy atom. The first-order valence-electron chi connectivity index (χ1n) is 11.6. The van der Waals surface area contributed by atoms with E-state index in [1.54, 1.807) is 7.11 Å². The quantitative estimate of drug-likeness (QED) is 0.683. The summed E-state index contributed by atoms with van der Waals surface area (Å²) in [4.78, 5) is 4.88. The zero-order valence-corrected chi connectivity index (χ0v) is 18.3. The molecule has 1 saturated heterocycles. The molecule has 0 bridgehead atoms. The van der Waals surface area contributed by atoms with Crippen molar-refractivity contribution in [2.45, 2.75) is 51.9 Å². The number of hydrogen-bond donors (Lipinski definition) is 0. The van der Waals surface area contributed by atoms with Crippen molar-refractivity contribution < 1.29 is 9.13 Å². The molecule has 0 radical (unpaired) electrons. The highest BCUT2D eigenvalue weighted by Crippen LogP contribution is 2.39. The van der Waals surface area contributed by atoms with Crippen molar-refractivity contribution in [1.29, 1.82) is 0 Å². The number of methoxy groups -OCH3 is 1. The number of piperidine rings is 1. The normalized spacial score (nSPS) is 19.0. The van der Waals surface area contributed by atoms with Crippen LogP contribution >= 0.6 is 0 Å². The van der Waals surface area contributed by atoms with Crippen LogP contribution in [0.2, 0.25) is 0 Å². The summed E-state index contributed by atoms with van der Waals surface area (Å²) in [7, 11) is 1.73. The molecule has 1 fully saturated rings. The van der Waals surface area contributed by atoms with Gasteiger partial charge in [-0.15, -0.1) is 0 Å². The minimum atomic E-state index is 0.103. The van der Waals surface area contributed by atoms with E-state index in [-0.39, 0.29) is 5.82 Å². The molecular formula is C26H33FN2O. The number of hydrogen-bond acceptors (Lipinski definition) is 3. The lowest BCUT2D eigenvalue weighted by atomic mass is 9.84. The summed E-state index contributed by atoms with van der Waals surface area (Å²) in [6, 6.07) is 8.69. The van der Waals surface area contributed by atoms with Gasteiger partial charge in [0.1, 0.15) is 11.6 Å². The van der Waals surface area contributed by atoms with E-state index >= 15 is 4.39 Å². The molecule has 3 aliphatic rings. The van der Waals surface area contributed by atoms with E-state index in [1.807, 2.05) is 0 Å². The Morgan fingerprint density at radius 1 is 1.00 bits per heavy atom. The Labute approximate surface area is 179 Å². The molecule has 0 saturated carbocycles. The van der Waals surface area contributed by atoms with Crippen molar-refractivity contribution >= 4 is 11.4 Å². The Balaban J connectivity index is 1.29. The molecule has 0 amide bonds. The van der Waals surface area contributed by atoms with Crippen LogP contribution in [0, 0.1) is 18.7 Å². The van der Waals surface area contributed by atoms with E-state index in [0.717, 1.165) is 81.6 Å². The molecule has 0 spiro atoms. The highest BCUT2D eigenvalue weighted by molar-refractivity contribution is 5.64. The molecule has 3 aliphatic heterocycles. The molecule has 0 aromatic heterocycles. The summed E-state index contributed by atoms with van der Waals surface area (Å²) in [6.07, 6.45) is 7.44. The van der Waals surface area contributed by atoms with Crippen molar-refractivity contribution in [3.63, 3.8) is 0 Å². The molecule has 0 atom stereocenters. The van der Waals surface area contributed by atoms with Crippen molar-refractivity contribution in [3.05, 3.63) is 52.3 Å². The van der Waals surface area contributed by atoms with Crippen molar-refractivity contribution in [2.75, 3.05) is 43.1 Å². The van der Waals surface area contributed by atoms with Crippen molar-refractivity contribution in [2.24, 2.45) is 5.92 Å². The third-order valence-corrected chi connectivity index (χ3v) is 7.41. The van der Waals surface area contributed by atoms with Gasteiger partial charge in [0.2, 0.25) is 0 Å². The largest absolute Gasteiger partial charge is 0.496 e. The summed E-state index contributed by atoms with van der Waals surface area (Å²) >= 11 is 0. The molecule has 0 N–H and O–H groups in total. The Kier molecular flexibility index (Phi) is 5.34. The predicted molar refractivity (Wildman–Crippen MR) is 122 cm³/mol. The molecule has 30 heavy (non-hydrogen) atoms. The van der Waals surface area contributed by atoms with E-state index in [9.17, 15) is 0 Å². The number of rotatable bonds is 4. The van der Waals surface area contributed by atoms with E-state index in [0.29, 0.717) is 5.92 Å². The van der Waals surface area contributed by atoms with Gasteiger partial charge in [-0.05, 0) is 80.5 Å². The standard InChI is InChI=1S/C26H33FN2O/c1-18-7-8-22(17-24(18)30-2)28-13-9-19(10-14-28)15-21-16-20-5-3-11-29-12-4-6-23(25(21)27)26(20)29/h7-8,16-17,19H,3-6,9-15H2,1-2H3. The van der Waals surface area contributed by atoms with Gasteiger partial charge in [0.25, 0.3) is 0 Å². The van der Waals surface area contributed by atoms with Crippen molar-refractivity contribution in [3.8, 4) is 5.75 Å². The van der Waals surface area contributed by atoms with Gasteiger partial charge in [-0.3, -0.25) is 0 Å². The second-order valence-electron chi connectivity index (χ2n) is 9.32. The fourth-order valence-electron chi connectivity index (χ4n) is 5.75. The molecular weight excluding hydrogens is 375 g/mol. The van der Waals surface area contributed by atoms with E-state index in [1.165, 1.54) is 28.9 Å². The first-order valence-corrected chi connectivity index (χ1v) is 11.6. The molecule has 5 rings (SSSR count). The molecule has 3 nitrogen and oxygen atoms in total. The van der Waals surface area contributed by atoms with Crippen LogP contribution in [0.25, 0.3) is 0 Å². The Hall–Kier alpha value is -2.23. The topological polar surface area (TPSA) is 15.7 Å². The number of nitrogens with zero attached hydrogens (tertiary/aromatic N) is 2. The van der Waals surface area contributed by atoms with Gasteiger partial charge in [-0.2, -0.15) is 0 Å². The van der Waals surface area contributed by atoms with Crippen LogP contribution in [-0.2, 0) is 19.3 Å². The number of anilines is 2. The summed E-state index contributed by atoms with van der Waals surface area (Å²) in [5.74, 6) is 1.62. The summed E-state index contributed by atoms with van der Waals surface area (Å²) in [6.45, 7) is 6.34.